The Kier molecular flexibility index (Phi) is 6.07. The van der Waals surface area contributed by atoms with Crippen LogP contribution in [0.4, 0.5) is 0 Å². The summed E-state index contributed by atoms with van der Waals surface area (Å²) in [6.07, 6.45) is -1.22. The van der Waals surface area contributed by atoms with Crippen LogP contribution >= 0.6 is 11.6 Å². The summed E-state index contributed by atoms with van der Waals surface area (Å²) in [5.41, 5.74) is 2.55. The number of halogens is 1. The largest absolute Gasteiger partial charge is 0.479 e. The maximum Gasteiger partial charge on any atom is 0.337 e. The highest BCUT2D eigenvalue weighted by molar-refractivity contribution is 6.30. The minimum Gasteiger partial charge on any atom is -0.479 e. The lowest BCUT2D eigenvalue weighted by molar-refractivity contribution is -0.160. The number of ether oxygens (including phenoxy) is 1. The summed E-state index contributed by atoms with van der Waals surface area (Å²) >= 11 is 6.01. The number of pyridine rings is 1. The van der Waals surface area contributed by atoms with Crippen LogP contribution in [0.3, 0.4) is 0 Å². The Labute approximate surface area is 164 Å². The van der Waals surface area contributed by atoms with Crippen LogP contribution in [-0.2, 0) is 9.53 Å². The van der Waals surface area contributed by atoms with Gasteiger partial charge in [0.05, 0.1) is 5.60 Å². The summed E-state index contributed by atoms with van der Waals surface area (Å²) in [4.78, 5) is 28.5. The van der Waals surface area contributed by atoms with Gasteiger partial charge in [-0.05, 0) is 63.4 Å². The zero-order valence-corrected chi connectivity index (χ0v) is 17.1. The second-order valence-electron chi connectivity index (χ2n) is 7.47. The van der Waals surface area contributed by atoms with Gasteiger partial charge in [0.2, 0.25) is 0 Å². The van der Waals surface area contributed by atoms with Gasteiger partial charge < -0.3 is 9.84 Å². The molecule has 2 rings (SSSR count). The molecule has 1 aromatic heterocycles. The molecule has 0 bridgehead atoms. The van der Waals surface area contributed by atoms with E-state index >= 15 is 0 Å². The number of rotatable bonds is 5. The Bertz CT molecular complexity index is 883. The molecule has 0 radical (unpaired) electrons. The first-order valence-corrected chi connectivity index (χ1v) is 8.98. The molecule has 2 aromatic rings. The van der Waals surface area contributed by atoms with Gasteiger partial charge in [0.1, 0.15) is 5.69 Å². The van der Waals surface area contributed by atoms with Crippen LogP contribution in [0.25, 0.3) is 11.1 Å². The summed E-state index contributed by atoms with van der Waals surface area (Å²) in [6.45, 7) is 10.3. The van der Waals surface area contributed by atoms with E-state index < -0.39 is 17.7 Å². The first-order chi connectivity index (χ1) is 12.4. The standard InChI is InChI=1S/C21H24ClNO4/c1-11-16(14-7-9-15(22)10-8-14)17(12(2)23-18(11)13(3)24)19(20(25)26)27-21(4,5)6/h7-10,19H,1-6H3,(H,25,26)/t19-/m0/s1. The number of Topliss-reactive ketones (excluding diaryl/α,β-unsaturated/α-hetero) is 1. The fourth-order valence-corrected chi connectivity index (χ4v) is 3.18. The molecule has 1 heterocycles. The fourth-order valence-electron chi connectivity index (χ4n) is 3.05. The molecule has 1 atom stereocenters. The van der Waals surface area contributed by atoms with Crippen LogP contribution in [0.15, 0.2) is 24.3 Å². The number of hydrogen-bond donors (Lipinski definition) is 1. The van der Waals surface area contributed by atoms with Gasteiger partial charge in [-0.2, -0.15) is 0 Å². The molecule has 0 unspecified atom stereocenters. The average Bonchev–Trinajstić information content (AvgIpc) is 2.54. The van der Waals surface area contributed by atoms with Crippen molar-refractivity contribution in [3.63, 3.8) is 0 Å². The van der Waals surface area contributed by atoms with E-state index in [1.54, 1.807) is 58.9 Å². The molecule has 1 aromatic carbocycles. The molecule has 0 fully saturated rings. The van der Waals surface area contributed by atoms with Crippen molar-refractivity contribution < 1.29 is 19.4 Å². The number of benzene rings is 1. The first-order valence-electron chi connectivity index (χ1n) is 8.61. The minimum absolute atomic E-state index is 0.180. The molecule has 144 valence electrons. The van der Waals surface area contributed by atoms with E-state index in [9.17, 15) is 14.7 Å². The van der Waals surface area contributed by atoms with Gasteiger partial charge in [-0.15, -0.1) is 0 Å². The third kappa shape index (κ3) is 4.73. The van der Waals surface area contributed by atoms with E-state index in [0.29, 0.717) is 33.1 Å². The SMILES string of the molecule is CC(=O)c1nc(C)c([C@H](OC(C)(C)C)C(=O)O)c(-c2ccc(Cl)cc2)c1C. The molecule has 27 heavy (non-hydrogen) atoms. The molecule has 0 saturated heterocycles. The van der Waals surface area contributed by atoms with Crippen molar-refractivity contribution in [2.24, 2.45) is 0 Å². The first kappa shape index (κ1) is 21.1. The number of carbonyl (C=O) groups excluding carboxylic acids is 1. The van der Waals surface area contributed by atoms with Crippen LogP contribution in [-0.4, -0.2) is 27.4 Å². The van der Waals surface area contributed by atoms with E-state index in [-0.39, 0.29) is 5.78 Å². The molecular formula is C21H24ClNO4. The third-order valence-electron chi connectivity index (χ3n) is 4.09. The van der Waals surface area contributed by atoms with Crippen LogP contribution in [0.5, 0.6) is 0 Å². The van der Waals surface area contributed by atoms with Crippen molar-refractivity contribution in [2.45, 2.75) is 53.2 Å². The van der Waals surface area contributed by atoms with Crippen molar-refractivity contribution in [1.29, 1.82) is 0 Å². The predicted molar refractivity (Wildman–Crippen MR) is 105 cm³/mol. The van der Waals surface area contributed by atoms with E-state index in [2.05, 4.69) is 4.98 Å². The molecule has 1 N–H and O–H groups in total. The van der Waals surface area contributed by atoms with Crippen molar-refractivity contribution in [1.82, 2.24) is 4.98 Å². The van der Waals surface area contributed by atoms with E-state index in [4.69, 9.17) is 16.3 Å². The highest BCUT2D eigenvalue weighted by Gasteiger charge is 2.33. The van der Waals surface area contributed by atoms with E-state index in [1.807, 2.05) is 0 Å². The number of aliphatic carboxylic acids is 1. The van der Waals surface area contributed by atoms with Crippen molar-refractivity contribution in [2.75, 3.05) is 0 Å². The van der Waals surface area contributed by atoms with Crippen molar-refractivity contribution in [3.05, 3.63) is 51.8 Å². The minimum atomic E-state index is -1.22. The maximum absolute atomic E-state index is 12.1. The highest BCUT2D eigenvalue weighted by atomic mass is 35.5. The lowest BCUT2D eigenvalue weighted by atomic mass is 9.89. The average molecular weight is 390 g/mol. The highest BCUT2D eigenvalue weighted by Crippen LogP contribution is 2.38. The Morgan fingerprint density at radius 3 is 2.15 bits per heavy atom. The lowest BCUT2D eigenvalue weighted by Crippen LogP contribution is -2.29. The number of carboxylic acids is 1. The normalized spacial score (nSPS) is 12.7. The van der Waals surface area contributed by atoms with Crippen molar-refractivity contribution >= 4 is 23.4 Å². The summed E-state index contributed by atoms with van der Waals surface area (Å²) in [6, 6.07) is 7.05. The van der Waals surface area contributed by atoms with Gasteiger partial charge >= 0.3 is 5.97 Å². The predicted octanol–water partition coefficient (Wildman–Crippen LogP) is 5.16. The molecular weight excluding hydrogens is 366 g/mol. The van der Waals surface area contributed by atoms with Gasteiger partial charge in [-0.1, -0.05) is 23.7 Å². The second kappa shape index (κ2) is 7.79. The Morgan fingerprint density at radius 2 is 1.70 bits per heavy atom. The molecule has 0 aliphatic carbocycles. The number of hydrogen-bond acceptors (Lipinski definition) is 4. The van der Waals surface area contributed by atoms with Crippen molar-refractivity contribution in [3.8, 4) is 11.1 Å². The van der Waals surface area contributed by atoms with Gasteiger partial charge in [0.15, 0.2) is 11.9 Å². The fraction of sp³-hybridized carbons (Fsp3) is 0.381. The van der Waals surface area contributed by atoms with E-state index in [1.165, 1.54) is 6.92 Å². The Balaban J connectivity index is 2.86. The van der Waals surface area contributed by atoms with Crippen LogP contribution in [0, 0.1) is 13.8 Å². The maximum atomic E-state index is 12.1. The molecule has 0 aliphatic heterocycles. The number of aromatic nitrogens is 1. The zero-order chi connectivity index (χ0) is 20.5. The van der Waals surface area contributed by atoms with Gasteiger partial charge in [-0.25, -0.2) is 9.78 Å². The smallest absolute Gasteiger partial charge is 0.337 e. The second-order valence-corrected chi connectivity index (χ2v) is 7.91. The number of carbonyl (C=O) groups is 2. The molecule has 6 heteroatoms. The summed E-state index contributed by atoms with van der Waals surface area (Å²) < 4.78 is 5.86. The molecule has 0 amide bonds. The summed E-state index contributed by atoms with van der Waals surface area (Å²) in [5.74, 6) is -1.29. The van der Waals surface area contributed by atoms with Gasteiger partial charge in [0.25, 0.3) is 0 Å². The van der Waals surface area contributed by atoms with Crippen LogP contribution in [0.2, 0.25) is 5.02 Å². The monoisotopic (exact) mass is 389 g/mol. The number of ketones is 1. The molecule has 0 spiro atoms. The van der Waals surface area contributed by atoms with Gasteiger partial charge in [0, 0.05) is 23.2 Å². The van der Waals surface area contributed by atoms with Crippen LogP contribution in [0.1, 0.15) is 61.1 Å². The number of aryl methyl sites for hydroxylation is 1. The topological polar surface area (TPSA) is 76.5 Å². The summed E-state index contributed by atoms with van der Waals surface area (Å²) in [5, 5.41) is 10.4. The number of carboxylic acid groups (broad SMARTS) is 1. The van der Waals surface area contributed by atoms with Gasteiger partial charge in [-0.3, -0.25) is 4.79 Å². The Hall–Kier alpha value is -2.24. The molecule has 0 aliphatic rings. The molecule has 5 nitrogen and oxygen atoms in total. The third-order valence-corrected chi connectivity index (χ3v) is 4.35. The Morgan fingerprint density at radius 1 is 1.15 bits per heavy atom. The lowest BCUT2D eigenvalue weighted by Gasteiger charge is -2.28. The zero-order valence-electron chi connectivity index (χ0n) is 16.4. The summed E-state index contributed by atoms with van der Waals surface area (Å²) in [7, 11) is 0. The van der Waals surface area contributed by atoms with E-state index in [0.717, 1.165) is 5.56 Å². The number of nitrogens with zero attached hydrogens (tertiary/aromatic N) is 1. The van der Waals surface area contributed by atoms with Crippen LogP contribution < -0.4 is 0 Å². The quantitative estimate of drug-likeness (QED) is 0.714. The molecule has 0 saturated carbocycles.